The zero-order valence-corrected chi connectivity index (χ0v) is 15.7. The molecule has 0 aliphatic rings. The van der Waals surface area contributed by atoms with Crippen molar-refractivity contribution in [2.45, 2.75) is 96.7 Å². The summed E-state index contributed by atoms with van der Waals surface area (Å²) in [6.45, 7) is 3.71. The second kappa shape index (κ2) is 17.3. The molecule has 2 unspecified atom stereocenters. The van der Waals surface area contributed by atoms with Gasteiger partial charge in [0.2, 0.25) is 0 Å². The van der Waals surface area contributed by atoms with Crippen molar-refractivity contribution in [1.29, 1.82) is 0 Å². The van der Waals surface area contributed by atoms with Crippen LogP contribution in [0.3, 0.4) is 0 Å². The van der Waals surface area contributed by atoms with Gasteiger partial charge in [0.05, 0.1) is 18.8 Å². The molecular formula is C17H37NaO5S. The van der Waals surface area contributed by atoms with E-state index in [0.29, 0.717) is 0 Å². The van der Waals surface area contributed by atoms with Crippen molar-refractivity contribution in [3.8, 4) is 0 Å². The van der Waals surface area contributed by atoms with Crippen molar-refractivity contribution in [3.05, 3.63) is 0 Å². The molecule has 0 aliphatic carbocycles. The molecule has 0 amide bonds. The number of hydrogen-bond donors (Lipinski definition) is 2. The van der Waals surface area contributed by atoms with Gasteiger partial charge >= 0.3 is 29.6 Å². The van der Waals surface area contributed by atoms with E-state index in [1.54, 1.807) is 0 Å². The Kier molecular flexibility index (Phi) is 19.4. The summed E-state index contributed by atoms with van der Waals surface area (Å²) in [5.41, 5.74) is 0. The van der Waals surface area contributed by atoms with E-state index in [0.717, 1.165) is 19.3 Å². The molecule has 0 aromatic carbocycles. The molecular weight excluding hydrogens is 339 g/mol. The van der Waals surface area contributed by atoms with Gasteiger partial charge in [0.15, 0.2) is 0 Å². The first-order valence-corrected chi connectivity index (χ1v) is 10.7. The first kappa shape index (κ1) is 27.1. The molecule has 0 rings (SSSR count). The van der Waals surface area contributed by atoms with E-state index in [4.69, 9.17) is 14.4 Å². The molecule has 0 spiro atoms. The molecule has 0 fully saturated rings. The van der Waals surface area contributed by atoms with Crippen LogP contribution in [0, 0.1) is 0 Å². The van der Waals surface area contributed by atoms with Crippen LogP contribution in [0.1, 0.15) is 84.5 Å². The quantitative estimate of drug-likeness (QED) is 0.245. The minimum atomic E-state index is -4.11. The third-order valence-corrected chi connectivity index (χ3v) is 4.78. The van der Waals surface area contributed by atoms with E-state index in [-0.39, 0.29) is 35.7 Å². The zero-order chi connectivity index (χ0) is 17.6. The first-order chi connectivity index (χ1) is 10.9. The topological polar surface area (TPSA) is 83.8 Å². The van der Waals surface area contributed by atoms with Gasteiger partial charge < -0.3 is 9.84 Å². The van der Waals surface area contributed by atoms with Crippen molar-refractivity contribution in [3.63, 3.8) is 0 Å². The number of unbranched alkanes of at least 4 members (excludes halogenated alkanes) is 9. The van der Waals surface area contributed by atoms with Crippen LogP contribution >= 0.6 is 0 Å². The predicted octanol–water partition coefficient (Wildman–Crippen LogP) is 3.30. The molecule has 0 aromatic heterocycles. The average Bonchev–Trinajstić information content (AvgIpc) is 2.47. The van der Waals surface area contributed by atoms with Crippen molar-refractivity contribution >= 4 is 39.7 Å². The summed E-state index contributed by atoms with van der Waals surface area (Å²) in [7, 11) is -4.11. The van der Waals surface area contributed by atoms with Crippen molar-refractivity contribution in [1.82, 2.24) is 0 Å². The zero-order valence-electron chi connectivity index (χ0n) is 14.9. The summed E-state index contributed by atoms with van der Waals surface area (Å²) in [4.78, 5) is 0. The third-order valence-electron chi connectivity index (χ3n) is 3.99. The Morgan fingerprint density at radius 1 is 0.917 bits per heavy atom. The van der Waals surface area contributed by atoms with Crippen LogP contribution in [0.5, 0.6) is 0 Å². The number of aliphatic hydroxyl groups is 1. The molecule has 24 heavy (non-hydrogen) atoms. The van der Waals surface area contributed by atoms with Gasteiger partial charge in [-0.25, -0.2) is 0 Å². The molecule has 0 saturated carbocycles. The summed E-state index contributed by atoms with van der Waals surface area (Å²) in [6, 6.07) is 0. The average molecular weight is 377 g/mol. The SMILES string of the molecule is CCCCCCCCCCCCC(C)OC(CO)CS(=O)(=O)O.[NaH]. The standard InChI is InChI=1S/C17H36O5S.Na.H/c1-3-4-5-6-7-8-9-10-11-12-13-16(2)22-17(14-18)15-23(19,20)21;;/h16-18H,3-15H2,1-2H3,(H,19,20,21);;. The summed E-state index contributed by atoms with van der Waals surface area (Å²) in [5, 5.41) is 9.08. The Hall–Kier alpha value is 0.830. The van der Waals surface area contributed by atoms with Crippen LogP contribution < -0.4 is 0 Å². The summed E-state index contributed by atoms with van der Waals surface area (Å²) in [5.74, 6) is -0.550. The van der Waals surface area contributed by atoms with Crippen molar-refractivity contribution in [2.75, 3.05) is 12.4 Å². The molecule has 5 nitrogen and oxygen atoms in total. The van der Waals surface area contributed by atoms with E-state index in [1.165, 1.54) is 51.4 Å². The van der Waals surface area contributed by atoms with Gasteiger partial charge in [-0.05, 0) is 13.3 Å². The molecule has 2 atom stereocenters. The molecule has 7 heteroatoms. The fourth-order valence-electron chi connectivity index (χ4n) is 2.69. The minimum absolute atomic E-state index is 0. The number of rotatable bonds is 16. The molecule has 0 heterocycles. The fourth-order valence-corrected chi connectivity index (χ4v) is 3.34. The summed E-state index contributed by atoms with van der Waals surface area (Å²) in [6.07, 6.45) is 12.6. The van der Waals surface area contributed by atoms with Crippen LogP contribution in [-0.2, 0) is 14.9 Å². The Morgan fingerprint density at radius 3 is 1.79 bits per heavy atom. The molecule has 0 radical (unpaired) electrons. The van der Waals surface area contributed by atoms with Crippen LogP contribution in [0.15, 0.2) is 0 Å². The molecule has 0 aromatic rings. The van der Waals surface area contributed by atoms with Gasteiger partial charge in [-0.3, -0.25) is 4.55 Å². The first-order valence-electron chi connectivity index (χ1n) is 9.10. The molecule has 142 valence electrons. The van der Waals surface area contributed by atoms with Gasteiger partial charge in [0.25, 0.3) is 10.1 Å². The van der Waals surface area contributed by atoms with Crippen molar-refractivity contribution in [2.24, 2.45) is 0 Å². The van der Waals surface area contributed by atoms with Crippen LogP contribution in [0.25, 0.3) is 0 Å². The van der Waals surface area contributed by atoms with E-state index < -0.39 is 28.6 Å². The fraction of sp³-hybridized carbons (Fsp3) is 1.00. The normalized spacial score (nSPS) is 14.2. The summed E-state index contributed by atoms with van der Waals surface area (Å²) < 4.78 is 35.8. The van der Waals surface area contributed by atoms with Crippen LogP contribution in [0.2, 0.25) is 0 Å². The van der Waals surface area contributed by atoms with Gasteiger partial charge in [-0.15, -0.1) is 0 Å². The van der Waals surface area contributed by atoms with Gasteiger partial charge in [0, 0.05) is 0 Å². The number of hydrogen-bond acceptors (Lipinski definition) is 4. The van der Waals surface area contributed by atoms with E-state index in [2.05, 4.69) is 6.92 Å². The molecule has 2 N–H and O–H groups in total. The van der Waals surface area contributed by atoms with Gasteiger partial charge in [-0.1, -0.05) is 71.1 Å². The second-order valence-corrected chi connectivity index (χ2v) is 7.97. The predicted molar refractivity (Wildman–Crippen MR) is 101 cm³/mol. The Bertz CT molecular complexity index is 362. The van der Waals surface area contributed by atoms with Gasteiger partial charge in [0.1, 0.15) is 5.75 Å². The summed E-state index contributed by atoms with van der Waals surface area (Å²) >= 11 is 0. The maximum atomic E-state index is 10.8. The van der Waals surface area contributed by atoms with Crippen LogP contribution in [-0.4, -0.2) is 72.2 Å². The van der Waals surface area contributed by atoms with E-state index in [1.807, 2.05) is 6.92 Å². The van der Waals surface area contributed by atoms with Crippen LogP contribution in [0.4, 0.5) is 0 Å². The molecule has 0 bridgehead atoms. The Morgan fingerprint density at radius 2 is 1.38 bits per heavy atom. The number of ether oxygens (including phenoxy) is 1. The second-order valence-electron chi connectivity index (χ2n) is 6.47. The van der Waals surface area contributed by atoms with Gasteiger partial charge in [-0.2, -0.15) is 8.42 Å². The molecule has 0 saturated heterocycles. The van der Waals surface area contributed by atoms with E-state index in [9.17, 15) is 8.42 Å². The monoisotopic (exact) mass is 376 g/mol. The van der Waals surface area contributed by atoms with E-state index >= 15 is 0 Å². The van der Waals surface area contributed by atoms with Crippen molar-refractivity contribution < 1.29 is 22.8 Å². The number of aliphatic hydroxyl groups excluding tert-OH is 1. The third kappa shape index (κ3) is 19.2. The molecule has 0 aliphatic heterocycles. The Labute approximate surface area is 171 Å². The Balaban J connectivity index is 0. The maximum absolute atomic E-state index is 10.8.